The van der Waals surface area contributed by atoms with Gasteiger partial charge in [0.15, 0.2) is 17.5 Å². The molecule has 39 heavy (non-hydrogen) atoms. The van der Waals surface area contributed by atoms with Crippen LogP contribution in [-0.4, -0.2) is 0 Å². The summed E-state index contributed by atoms with van der Waals surface area (Å²) in [6.07, 6.45) is -1.75. The minimum atomic E-state index is -4.74. The Balaban J connectivity index is 1.43. The molecule has 0 amide bonds. The number of hydrogen-bond acceptors (Lipinski definition) is 1. The van der Waals surface area contributed by atoms with E-state index in [-0.39, 0.29) is 23.3 Å². The van der Waals surface area contributed by atoms with Gasteiger partial charge in [0, 0.05) is 17.7 Å². The third-order valence-corrected chi connectivity index (χ3v) is 6.95. The zero-order chi connectivity index (χ0) is 28.1. The second-order valence-corrected chi connectivity index (χ2v) is 9.50. The second-order valence-electron chi connectivity index (χ2n) is 9.50. The fraction of sp³-hybridized carbons (Fsp3) is 0.200. The standard InChI is InChI=1S/C30H20F8O/c1-2-15-7-16-3-4-17(9-19(16)8-15)18-5-6-22(23(31)10-18)20-11-24(32)28(25(33)12-20)30(37,38)39-21-13-26(34)29(36)27(35)14-21/h3-6,9-15H,2,7-8H2,1H3. The second kappa shape index (κ2) is 10.0. The molecule has 9 heteroatoms. The Morgan fingerprint density at radius 2 is 1.23 bits per heavy atom. The molecule has 0 aliphatic heterocycles. The van der Waals surface area contributed by atoms with Crippen molar-refractivity contribution in [3.8, 4) is 28.0 Å². The molecule has 0 fully saturated rings. The van der Waals surface area contributed by atoms with E-state index in [2.05, 4.69) is 11.7 Å². The van der Waals surface area contributed by atoms with E-state index in [1.807, 2.05) is 18.2 Å². The Hall–Kier alpha value is -3.88. The fourth-order valence-electron chi connectivity index (χ4n) is 4.90. The van der Waals surface area contributed by atoms with Crippen molar-refractivity contribution in [1.82, 2.24) is 0 Å². The summed E-state index contributed by atoms with van der Waals surface area (Å²) < 4.78 is 118. The molecule has 5 rings (SSSR count). The molecule has 4 aromatic rings. The van der Waals surface area contributed by atoms with Gasteiger partial charge < -0.3 is 4.74 Å². The first-order valence-electron chi connectivity index (χ1n) is 12.1. The molecule has 0 radical (unpaired) electrons. The SMILES string of the molecule is CCC1Cc2ccc(-c3ccc(-c4cc(F)c(C(F)(F)Oc5cc(F)c(F)c(F)c5)c(F)c4)c(F)c3)cc2C1. The minimum Gasteiger partial charge on any atom is -0.429 e. The van der Waals surface area contributed by atoms with Crippen LogP contribution in [0.2, 0.25) is 0 Å². The maximum absolute atomic E-state index is 15.1. The monoisotopic (exact) mass is 548 g/mol. The van der Waals surface area contributed by atoms with Gasteiger partial charge >= 0.3 is 6.11 Å². The van der Waals surface area contributed by atoms with E-state index in [4.69, 9.17) is 0 Å². The van der Waals surface area contributed by atoms with Gasteiger partial charge in [0.1, 0.15) is 28.8 Å². The van der Waals surface area contributed by atoms with Crippen LogP contribution in [0.15, 0.2) is 60.7 Å². The Bertz CT molecular complexity index is 1530. The van der Waals surface area contributed by atoms with E-state index in [0.717, 1.165) is 24.8 Å². The average Bonchev–Trinajstić information content (AvgIpc) is 3.29. The molecule has 0 heterocycles. The van der Waals surface area contributed by atoms with Gasteiger partial charge in [-0.15, -0.1) is 0 Å². The van der Waals surface area contributed by atoms with Gasteiger partial charge in [-0.05, 0) is 64.8 Å². The van der Waals surface area contributed by atoms with Crippen molar-refractivity contribution in [2.24, 2.45) is 5.92 Å². The normalized spacial score (nSPS) is 14.9. The van der Waals surface area contributed by atoms with Crippen LogP contribution in [0.3, 0.4) is 0 Å². The molecule has 4 aromatic carbocycles. The first-order valence-corrected chi connectivity index (χ1v) is 12.1. The lowest BCUT2D eigenvalue weighted by Gasteiger charge is -2.20. The van der Waals surface area contributed by atoms with Gasteiger partial charge in [-0.1, -0.05) is 43.7 Å². The van der Waals surface area contributed by atoms with Crippen molar-refractivity contribution >= 4 is 0 Å². The molecule has 1 unspecified atom stereocenters. The van der Waals surface area contributed by atoms with Crippen LogP contribution in [0.4, 0.5) is 35.1 Å². The highest BCUT2D eigenvalue weighted by Gasteiger charge is 2.41. The summed E-state index contributed by atoms with van der Waals surface area (Å²) in [7, 11) is 0. The fourth-order valence-corrected chi connectivity index (χ4v) is 4.90. The average molecular weight is 548 g/mol. The summed E-state index contributed by atoms with van der Waals surface area (Å²) in [5, 5.41) is 0. The molecular formula is C30H20F8O. The van der Waals surface area contributed by atoms with Crippen molar-refractivity contribution in [1.29, 1.82) is 0 Å². The number of benzene rings is 4. The predicted octanol–water partition coefficient (Wildman–Crippen LogP) is 9.11. The van der Waals surface area contributed by atoms with Crippen LogP contribution >= 0.6 is 0 Å². The zero-order valence-electron chi connectivity index (χ0n) is 20.4. The Morgan fingerprint density at radius 1 is 0.667 bits per heavy atom. The van der Waals surface area contributed by atoms with Crippen molar-refractivity contribution in [2.75, 3.05) is 0 Å². The van der Waals surface area contributed by atoms with Crippen LogP contribution < -0.4 is 4.74 Å². The molecule has 1 atom stereocenters. The van der Waals surface area contributed by atoms with Crippen molar-refractivity contribution in [3.63, 3.8) is 0 Å². The largest absolute Gasteiger partial charge is 0.432 e. The third-order valence-electron chi connectivity index (χ3n) is 6.95. The van der Waals surface area contributed by atoms with Gasteiger partial charge in [0.25, 0.3) is 0 Å². The molecule has 1 nitrogen and oxygen atoms in total. The highest BCUT2D eigenvalue weighted by Crippen LogP contribution is 2.39. The van der Waals surface area contributed by atoms with E-state index < -0.39 is 52.3 Å². The van der Waals surface area contributed by atoms with Crippen LogP contribution in [0.25, 0.3) is 22.3 Å². The van der Waals surface area contributed by atoms with Gasteiger partial charge in [-0.25, -0.2) is 26.3 Å². The van der Waals surface area contributed by atoms with Gasteiger partial charge in [-0.3, -0.25) is 0 Å². The highest BCUT2D eigenvalue weighted by molar-refractivity contribution is 5.72. The van der Waals surface area contributed by atoms with Crippen molar-refractivity contribution < 1.29 is 39.9 Å². The Labute approximate surface area is 218 Å². The molecule has 0 saturated carbocycles. The predicted molar refractivity (Wildman–Crippen MR) is 129 cm³/mol. The maximum Gasteiger partial charge on any atom is 0.432 e. The quantitative estimate of drug-likeness (QED) is 0.173. The molecule has 0 aromatic heterocycles. The minimum absolute atomic E-state index is 0.108. The first kappa shape index (κ1) is 26.7. The van der Waals surface area contributed by atoms with E-state index in [0.29, 0.717) is 23.6 Å². The summed E-state index contributed by atoms with van der Waals surface area (Å²) >= 11 is 0. The number of halogens is 8. The smallest absolute Gasteiger partial charge is 0.429 e. The molecule has 1 aliphatic rings. The molecule has 0 spiro atoms. The van der Waals surface area contributed by atoms with Crippen LogP contribution in [0, 0.1) is 40.8 Å². The summed E-state index contributed by atoms with van der Waals surface area (Å²) in [6, 6.07) is 11.1. The number of alkyl halides is 2. The lowest BCUT2D eigenvalue weighted by Crippen LogP contribution is -2.25. The van der Waals surface area contributed by atoms with Crippen LogP contribution in [0.1, 0.15) is 30.0 Å². The summed E-state index contributed by atoms with van der Waals surface area (Å²) in [5.74, 6) is -10.6. The van der Waals surface area contributed by atoms with E-state index in [1.54, 1.807) is 6.07 Å². The topological polar surface area (TPSA) is 9.23 Å². The number of fused-ring (bicyclic) bond motifs is 1. The Morgan fingerprint density at radius 3 is 1.85 bits per heavy atom. The van der Waals surface area contributed by atoms with Crippen LogP contribution in [-0.2, 0) is 19.0 Å². The molecule has 1 aliphatic carbocycles. The number of rotatable bonds is 6. The lowest BCUT2D eigenvalue weighted by atomic mass is 9.96. The van der Waals surface area contributed by atoms with E-state index >= 15 is 4.39 Å². The van der Waals surface area contributed by atoms with Gasteiger partial charge in [0.2, 0.25) is 0 Å². The summed E-state index contributed by atoms with van der Waals surface area (Å²) in [6.45, 7) is 2.13. The number of hydrogen-bond donors (Lipinski definition) is 0. The molecule has 202 valence electrons. The molecule has 0 bridgehead atoms. The van der Waals surface area contributed by atoms with Gasteiger partial charge in [0.05, 0.1) is 0 Å². The first-order chi connectivity index (χ1) is 18.5. The third kappa shape index (κ3) is 5.10. The van der Waals surface area contributed by atoms with Crippen molar-refractivity contribution in [3.05, 3.63) is 112 Å². The lowest BCUT2D eigenvalue weighted by molar-refractivity contribution is -0.189. The zero-order valence-corrected chi connectivity index (χ0v) is 20.4. The highest BCUT2D eigenvalue weighted by atomic mass is 19.3. The molecule has 0 N–H and O–H groups in total. The molecule has 0 saturated heterocycles. The van der Waals surface area contributed by atoms with E-state index in [9.17, 15) is 30.7 Å². The summed E-state index contributed by atoms with van der Waals surface area (Å²) in [5.41, 5.74) is 1.30. The van der Waals surface area contributed by atoms with E-state index in [1.165, 1.54) is 23.3 Å². The van der Waals surface area contributed by atoms with Crippen molar-refractivity contribution in [2.45, 2.75) is 32.3 Å². The summed E-state index contributed by atoms with van der Waals surface area (Å²) in [4.78, 5) is 0. The van der Waals surface area contributed by atoms with Crippen LogP contribution in [0.5, 0.6) is 5.75 Å². The maximum atomic E-state index is 15.1. The Kier molecular flexibility index (Phi) is 6.86. The number of ether oxygens (including phenoxy) is 1. The molecular weight excluding hydrogens is 528 g/mol. The van der Waals surface area contributed by atoms with Gasteiger partial charge in [-0.2, -0.15) is 8.78 Å².